The van der Waals surface area contributed by atoms with E-state index in [9.17, 15) is 0 Å². The van der Waals surface area contributed by atoms with Gasteiger partial charge >= 0.3 is 0 Å². The summed E-state index contributed by atoms with van der Waals surface area (Å²) in [5.41, 5.74) is 1.55. The van der Waals surface area contributed by atoms with E-state index in [1.165, 1.54) is 19.3 Å². The number of alkyl halides is 1. The summed E-state index contributed by atoms with van der Waals surface area (Å²) in [4.78, 5) is 0. The zero-order chi connectivity index (χ0) is 8.32. The van der Waals surface area contributed by atoms with Crippen molar-refractivity contribution < 1.29 is 0 Å². The van der Waals surface area contributed by atoms with Crippen LogP contribution in [0.25, 0.3) is 0 Å². The summed E-state index contributed by atoms with van der Waals surface area (Å²) in [5, 5.41) is 1.05. The summed E-state index contributed by atoms with van der Waals surface area (Å²) in [6.45, 7) is 2.23. The average Bonchev–Trinajstić information content (AvgIpc) is 2.81. The zero-order valence-corrected chi connectivity index (χ0v) is 9.59. The number of thioether (sulfide) groups is 1. The van der Waals surface area contributed by atoms with Crippen LogP contribution in [0.15, 0.2) is 11.6 Å². The Morgan fingerprint density at radius 2 is 2.27 bits per heavy atom. The fourth-order valence-electron chi connectivity index (χ4n) is 1.14. The minimum absolute atomic E-state index is 0.541. The molecule has 0 atom stereocenters. The van der Waals surface area contributed by atoms with Gasteiger partial charge in [0.25, 0.3) is 0 Å². The van der Waals surface area contributed by atoms with E-state index in [0.29, 0.717) is 4.75 Å². The number of rotatable bonds is 4. The van der Waals surface area contributed by atoms with E-state index in [2.05, 4.69) is 35.2 Å². The molecule has 0 aliphatic heterocycles. The van der Waals surface area contributed by atoms with E-state index in [1.54, 1.807) is 5.57 Å². The molecule has 1 aliphatic carbocycles. The number of hydrogen-bond acceptors (Lipinski definition) is 1. The van der Waals surface area contributed by atoms with Gasteiger partial charge in [-0.05, 0) is 25.5 Å². The number of allylic oxidation sites excluding steroid dienone is 1. The van der Waals surface area contributed by atoms with Crippen molar-refractivity contribution in [2.45, 2.75) is 30.9 Å². The molecule has 0 aromatic rings. The smallest absolute Gasteiger partial charge is 0.0340 e. The van der Waals surface area contributed by atoms with Gasteiger partial charge in [0.1, 0.15) is 0 Å². The molecule has 0 spiro atoms. The van der Waals surface area contributed by atoms with E-state index in [0.717, 1.165) is 5.33 Å². The van der Waals surface area contributed by atoms with Crippen molar-refractivity contribution >= 4 is 27.7 Å². The molecular formula is C9H15BrS. The summed E-state index contributed by atoms with van der Waals surface area (Å²) < 4.78 is 0.541. The molecule has 0 N–H and O–H groups in total. The van der Waals surface area contributed by atoms with Gasteiger partial charge in [0.05, 0.1) is 0 Å². The first-order chi connectivity index (χ1) is 5.26. The van der Waals surface area contributed by atoms with Gasteiger partial charge in [-0.2, -0.15) is 11.8 Å². The fourth-order valence-corrected chi connectivity index (χ4v) is 2.49. The van der Waals surface area contributed by atoms with Crippen LogP contribution in [-0.2, 0) is 0 Å². The molecule has 11 heavy (non-hydrogen) atoms. The molecule has 0 aromatic carbocycles. The lowest BCUT2D eigenvalue weighted by atomic mass is 10.2. The monoisotopic (exact) mass is 234 g/mol. The third-order valence-corrected chi connectivity index (χ3v) is 4.30. The Bertz CT molecular complexity index is 153. The van der Waals surface area contributed by atoms with Gasteiger partial charge in [0.2, 0.25) is 0 Å². The third-order valence-electron chi connectivity index (χ3n) is 2.24. The molecule has 0 bridgehead atoms. The predicted octanol–water partition coefficient (Wildman–Crippen LogP) is 3.61. The molecule has 0 saturated heterocycles. The maximum atomic E-state index is 3.51. The Hall–Kier alpha value is 0.570. The van der Waals surface area contributed by atoms with E-state index in [4.69, 9.17) is 0 Å². The molecule has 2 heteroatoms. The molecule has 0 amide bonds. The predicted molar refractivity (Wildman–Crippen MR) is 57.6 cm³/mol. The average molecular weight is 235 g/mol. The summed E-state index contributed by atoms with van der Waals surface area (Å²) in [6.07, 6.45) is 8.63. The Morgan fingerprint density at radius 3 is 2.55 bits per heavy atom. The van der Waals surface area contributed by atoms with Crippen LogP contribution >= 0.6 is 27.7 Å². The highest BCUT2D eigenvalue weighted by molar-refractivity contribution is 9.09. The van der Waals surface area contributed by atoms with Crippen LogP contribution in [0.5, 0.6) is 0 Å². The van der Waals surface area contributed by atoms with E-state index >= 15 is 0 Å². The minimum atomic E-state index is 0.541. The third kappa shape index (κ3) is 2.51. The van der Waals surface area contributed by atoms with Crippen molar-refractivity contribution in [3.05, 3.63) is 11.6 Å². The van der Waals surface area contributed by atoms with Gasteiger partial charge in [-0.25, -0.2) is 0 Å². The zero-order valence-electron chi connectivity index (χ0n) is 7.19. The number of hydrogen-bond donors (Lipinski definition) is 0. The molecular weight excluding hydrogens is 220 g/mol. The van der Waals surface area contributed by atoms with Crippen LogP contribution in [-0.4, -0.2) is 16.3 Å². The minimum Gasteiger partial charge on any atom is -0.154 e. The lowest BCUT2D eigenvalue weighted by molar-refractivity contribution is 1.06. The highest BCUT2D eigenvalue weighted by atomic mass is 79.9. The molecule has 1 saturated carbocycles. The second kappa shape index (κ2) is 3.99. The molecule has 0 radical (unpaired) electrons. The maximum absolute atomic E-state index is 3.51. The van der Waals surface area contributed by atoms with Crippen LogP contribution in [0.4, 0.5) is 0 Å². The Morgan fingerprint density at radius 1 is 1.64 bits per heavy atom. The van der Waals surface area contributed by atoms with Crippen molar-refractivity contribution in [2.24, 2.45) is 0 Å². The molecule has 1 fully saturated rings. The Labute approximate surface area is 82.0 Å². The first-order valence-electron chi connectivity index (χ1n) is 4.08. The van der Waals surface area contributed by atoms with E-state index in [1.807, 2.05) is 11.8 Å². The van der Waals surface area contributed by atoms with Crippen LogP contribution in [0.1, 0.15) is 26.2 Å². The first-order valence-corrected chi connectivity index (χ1v) is 6.42. The summed E-state index contributed by atoms with van der Waals surface area (Å²) in [5.74, 6) is 0. The molecule has 0 nitrogen and oxygen atoms in total. The van der Waals surface area contributed by atoms with Crippen molar-refractivity contribution in [1.29, 1.82) is 0 Å². The standard InChI is InChI=1S/C9H15BrS/c1-3-8(7-10)6-9(11-2)4-5-9/h6H,3-5,7H2,1-2H3/b8-6-. The van der Waals surface area contributed by atoms with Crippen molar-refractivity contribution in [1.82, 2.24) is 0 Å². The van der Waals surface area contributed by atoms with Crippen LogP contribution in [0.2, 0.25) is 0 Å². The van der Waals surface area contributed by atoms with E-state index < -0.39 is 0 Å². The summed E-state index contributed by atoms with van der Waals surface area (Å²) in [6, 6.07) is 0. The van der Waals surface area contributed by atoms with Gasteiger partial charge in [-0.15, -0.1) is 0 Å². The van der Waals surface area contributed by atoms with Crippen molar-refractivity contribution in [2.75, 3.05) is 11.6 Å². The lowest BCUT2D eigenvalue weighted by Crippen LogP contribution is -1.98. The Kier molecular flexibility index (Phi) is 3.51. The Balaban J connectivity index is 2.54. The maximum Gasteiger partial charge on any atom is 0.0340 e. The van der Waals surface area contributed by atoms with Gasteiger partial charge in [-0.3, -0.25) is 0 Å². The second-order valence-electron chi connectivity index (χ2n) is 3.06. The molecule has 0 heterocycles. The molecule has 64 valence electrons. The molecule has 0 unspecified atom stereocenters. The quantitative estimate of drug-likeness (QED) is 0.529. The highest BCUT2D eigenvalue weighted by Crippen LogP contribution is 2.49. The van der Waals surface area contributed by atoms with Gasteiger partial charge in [0.15, 0.2) is 0 Å². The van der Waals surface area contributed by atoms with Crippen LogP contribution in [0.3, 0.4) is 0 Å². The van der Waals surface area contributed by atoms with E-state index in [-0.39, 0.29) is 0 Å². The van der Waals surface area contributed by atoms with Gasteiger partial charge in [-0.1, -0.05) is 34.5 Å². The molecule has 1 aliphatic rings. The normalized spacial score (nSPS) is 21.9. The largest absolute Gasteiger partial charge is 0.154 e. The number of halogens is 1. The van der Waals surface area contributed by atoms with Crippen molar-refractivity contribution in [3.63, 3.8) is 0 Å². The van der Waals surface area contributed by atoms with Crippen LogP contribution < -0.4 is 0 Å². The SMILES string of the molecule is CC/C(=C/C1(SC)CC1)CBr. The lowest BCUT2D eigenvalue weighted by Gasteiger charge is -2.07. The van der Waals surface area contributed by atoms with Crippen LogP contribution in [0, 0.1) is 0 Å². The first kappa shape index (κ1) is 9.66. The fraction of sp³-hybridized carbons (Fsp3) is 0.778. The summed E-state index contributed by atoms with van der Waals surface area (Å²) in [7, 11) is 0. The van der Waals surface area contributed by atoms with Gasteiger partial charge < -0.3 is 0 Å². The van der Waals surface area contributed by atoms with Gasteiger partial charge in [0, 0.05) is 10.1 Å². The second-order valence-corrected chi connectivity index (χ2v) is 4.84. The topological polar surface area (TPSA) is 0 Å². The molecule has 0 aromatic heterocycles. The molecule has 1 rings (SSSR count). The summed E-state index contributed by atoms with van der Waals surface area (Å²) >= 11 is 5.51. The highest BCUT2D eigenvalue weighted by Gasteiger charge is 2.39. The van der Waals surface area contributed by atoms with Crippen molar-refractivity contribution in [3.8, 4) is 0 Å².